The van der Waals surface area contributed by atoms with Gasteiger partial charge in [0.1, 0.15) is 11.5 Å². The molecule has 0 fully saturated rings. The Hall–Kier alpha value is -8.00. The molecule has 1 aliphatic carbocycles. The average Bonchev–Trinajstić information content (AvgIpc) is 3.64. The zero-order chi connectivity index (χ0) is 39.8. The third kappa shape index (κ3) is 4.50. The summed E-state index contributed by atoms with van der Waals surface area (Å²) in [5.41, 5.74) is 10.2. The van der Waals surface area contributed by atoms with Crippen LogP contribution in [0.1, 0.15) is 0 Å². The van der Waals surface area contributed by atoms with Crippen molar-refractivity contribution in [3.63, 3.8) is 0 Å². The van der Waals surface area contributed by atoms with Gasteiger partial charge in [-0.25, -0.2) is 0 Å². The van der Waals surface area contributed by atoms with E-state index in [0.29, 0.717) is 0 Å². The van der Waals surface area contributed by atoms with Crippen molar-refractivity contribution in [3.8, 4) is 56.0 Å². The molecule has 0 heterocycles. The van der Waals surface area contributed by atoms with Gasteiger partial charge in [0.2, 0.25) is 0 Å². The quantitative estimate of drug-likeness (QED) is 0.128. The first-order valence-corrected chi connectivity index (χ1v) is 21.2. The van der Waals surface area contributed by atoms with E-state index in [9.17, 15) is 0 Å². The molecule has 0 aromatic heterocycles. The van der Waals surface area contributed by atoms with Gasteiger partial charge in [-0.1, -0.05) is 170 Å². The summed E-state index contributed by atoms with van der Waals surface area (Å²) in [6, 6.07) is 76.0. The molecule has 0 aliphatic heterocycles. The summed E-state index contributed by atoms with van der Waals surface area (Å²) in [6.07, 6.45) is 0. The monoisotopic (exact) mass is 770 g/mol. The van der Waals surface area contributed by atoms with Gasteiger partial charge in [0.25, 0.3) is 0 Å². The first-order valence-electron chi connectivity index (χ1n) is 21.2. The van der Waals surface area contributed by atoms with Crippen LogP contribution in [-0.2, 0) is 0 Å². The molecule has 13 aromatic carbocycles. The van der Waals surface area contributed by atoms with Gasteiger partial charge < -0.3 is 4.74 Å². The van der Waals surface area contributed by atoms with Crippen LogP contribution in [0.3, 0.4) is 0 Å². The van der Waals surface area contributed by atoms with Gasteiger partial charge in [0.15, 0.2) is 0 Å². The smallest absolute Gasteiger partial charge is 0.128 e. The van der Waals surface area contributed by atoms with Crippen LogP contribution in [0.5, 0.6) is 11.5 Å². The average molecular weight is 771 g/mol. The fourth-order valence-corrected chi connectivity index (χ4v) is 11.1. The van der Waals surface area contributed by atoms with E-state index in [2.05, 4.69) is 176 Å². The molecule has 61 heavy (non-hydrogen) atoms. The lowest BCUT2D eigenvalue weighted by atomic mass is 9.80. The molecule has 0 spiro atoms. The molecular formula is C60H34O. The van der Waals surface area contributed by atoms with Crippen molar-refractivity contribution in [1.29, 1.82) is 0 Å². The van der Waals surface area contributed by atoms with E-state index in [1.165, 1.54) is 131 Å². The molecule has 1 nitrogen and oxygen atoms in total. The minimum Gasteiger partial charge on any atom is -0.457 e. The van der Waals surface area contributed by atoms with E-state index in [1.54, 1.807) is 0 Å². The number of hydrogen-bond donors (Lipinski definition) is 0. The van der Waals surface area contributed by atoms with Crippen LogP contribution in [0.4, 0.5) is 0 Å². The summed E-state index contributed by atoms with van der Waals surface area (Å²) in [5.74, 6) is 1.65. The normalized spacial score (nSPS) is 12.3. The number of hydrogen-bond acceptors (Lipinski definition) is 1. The van der Waals surface area contributed by atoms with E-state index in [-0.39, 0.29) is 0 Å². The van der Waals surface area contributed by atoms with Gasteiger partial charge in [0.05, 0.1) is 0 Å². The minimum absolute atomic E-state index is 0.822. The molecule has 1 heteroatoms. The molecule has 0 unspecified atom stereocenters. The second-order valence-electron chi connectivity index (χ2n) is 16.6. The van der Waals surface area contributed by atoms with E-state index < -0.39 is 0 Å². The highest BCUT2D eigenvalue weighted by molar-refractivity contribution is 6.40. The van der Waals surface area contributed by atoms with Crippen molar-refractivity contribution in [3.05, 3.63) is 206 Å². The maximum Gasteiger partial charge on any atom is 0.128 e. The van der Waals surface area contributed by atoms with Crippen LogP contribution in [0.2, 0.25) is 0 Å². The Bertz CT molecular complexity index is 3930. The maximum atomic E-state index is 6.50. The van der Waals surface area contributed by atoms with Crippen LogP contribution < -0.4 is 4.74 Å². The van der Waals surface area contributed by atoms with Crippen LogP contribution in [0.15, 0.2) is 206 Å². The summed E-state index contributed by atoms with van der Waals surface area (Å²) in [4.78, 5) is 0. The standard InChI is InChI=1S/C60H34O/c1-4-14-36(15-5-1)55-52-33-50-46-30-28-44-42-24-12-18-35-19-13-25-43(54(35)42)45-29-31-47(58(46)57(44)45)51(50)34-53(52)56(37-16-6-2-7-17-37)60-48-27-26-39(61-38-20-8-3-9-21-38)32-49(48)40-22-10-11-23-41(40)59(55)60/h1-34H. The molecule has 0 saturated carbocycles. The molecule has 0 amide bonds. The third-order valence-corrected chi connectivity index (χ3v) is 13.5. The zero-order valence-corrected chi connectivity index (χ0v) is 33.0. The van der Waals surface area contributed by atoms with E-state index in [0.717, 1.165) is 11.5 Å². The molecular weight excluding hydrogens is 737 g/mol. The maximum absolute atomic E-state index is 6.50. The molecule has 0 saturated heterocycles. The highest BCUT2D eigenvalue weighted by Crippen LogP contribution is 2.56. The number of ether oxygens (including phenoxy) is 1. The number of fused-ring (bicyclic) bond motifs is 12. The van der Waals surface area contributed by atoms with Crippen LogP contribution in [0.25, 0.3) is 131 Å². The van der Waals surface area contributed by atoms with Crippen molar-refractivity contribution in [2.24, 2.45) is 0 Å². The Morgan fingerprint density at radius 1 is 0.230 bits per heavy atom. The Kier molecular flexibility index (Phi) is 6.62. The van der Waals surface area contributed by atoms with E-state index in [4.69, 9.17) is 4.74 Å². The Morgan fingerprint density at radius 2 is 0.689 bits per heavy atom. The first-order chi connectivity index (χ1) is 30.3. The molecule has 280 valence electrons. The van der Waals surface area contributed by atoms with Crippen LogP contribution in [0, 0.1) is 0 Å². The molecule has 0 N–H and O–H groups in total. The fourth-order valence-electron chi connectivity index (χ4n) is 11.1. The van der Waals surface area contributed by atoms with Crippen molar-refractivity contribution in [1.82, 2.24) is 0 Å². The van der Waals surface area contributed by atoms with Gasteiger partial charge in [-0.3, -0.25) is 0 Å². The van der Waals surface area contributed by atoms with Crippen molar-refractivity contribution >= 4 is 86.2 Å². The molecule has 0 radical (unpaired) electrons. The van der Waals surface area contributed by atoms with Gasteiger partial charge >= 0.3 is 0 Å². The predicted octanol–water partition coefficient (Wildman–Crippen LogP) is 17.1. The van der Waals surface area contributed by atoms with Gasteiger partial charge in [-0.15, -0.1) is 0 Å². The number of benzene rings is 13. The Morgan fingerprint density at radius 3 is 1.28 bits per heavy atom. The third-order valence-electron chi connectivity index (χ3n) is 13.5. The van der Waals surface area contributed by atoms with Crippen LogP contribution >= 0.6 is 0 Å². The Balaban J connectivity index is 1.17. The Labute approximate surface area is 351 Å². The largest absolute Gasteiger partial charge is 0.457 e. The second kappa shape index (κ2) is 12.3. The zero-order valence-electron chi connectivity index (χ0n) is 33.0. The van der Waals surface area contributed by atoms with Gasteiger partial charge in [-0.2, -0.15) is 0 Å². The lowest BCUT2D eigenvalue weighted by Crippen LogP contribution is -1.95. The lowest BCUT2D eigenvalue weighted by molar-refractivity contribution is 0.483. The van der Waals surface area contributed by atoms with Crippen molar-refractivity contribution < 1.29 is 4.74 Å². The topological polar surface area (TPSA) is 9.23 Å². The highest BCUT2D eigenvalue weighted by atomic mass is 16.5. The molecule has 0 atom stereocenters. The van der Waals surface area contributed by atoms with Gasteiger partial charge in [0, 0.05) is 0 Å². The second-order valence-corrected chi connectivity index (χ2v) is 16.6. The summed E-state index contributed by atoms with van der Waals surface area (Å²) < 4.78 is 6.50. The van der Waals surface area contributed by atoms with Crippen LogP contribution in [-0.4, -0.2) is 0 Å². The molecule has 1 aliphatic rings. The summed E-state index contributed by atoms with van der Waals surface area (Å²) in [7, 11) is 0. The lowest BCUT2D eigenvalue weighted by Gasteiger charge is -2.23. The summed E-state index contributed by atoms with van der Waals surface area (Å²) >= 11 is 0. The SMILES string of the molecule is c1ccc(Oc2ccc3c(c2)c2ccccc2c2c(-c4ccccc4)c4cc5c(cc4c(-c4ccccc4)c32)-c2ccc3c4cccc6cccc(c7ccc-5c2c73)c64)cc1. The molecule has 14 rings (SSSR count). The number of para-hydroxylation sites is 1. The van der Waals surface area contributed by atoms with Gasteiger partial charge in [-0.05, 0) is 167 Å². The van der Waals surface area contributed by atoms with E-state index >= 15 is 0 Å². The van der Waals surface area contributed by atoms with Crippen molar-refractivity contribution in [2.75, 3.05) is 0 Å². The number of rotatable bonds is 4. The van der Waals surface area contributed by atoms with Crippen molar-refractivity contribution in [2.45, 2.75) is 0 Å². The fraction of sp³-hybridized carbons (Fsp3) is 0. The first kappa shape index (κ1) is 32.9. The predicted molar refractivity (Wildman–Crippen MR) is 259 cm³/mol. The van der Waals surface area contributed by atoms with E-state index in [1.807, 2.05) is 30.3 Å². The molecule has 13 aromatic rings. The molecule has 0 bridgehead atoms. The highest BCUT2D eigenvalue weighted by Gasteiger charge is 2.29. The minimum atomic E-state index is 0.822. The summed E-state index contributed by atoms with van der Waals surface area (Å²) in [5, 5.41) is 20.5. The summed E-state index contributed by atoms with van der Waals surface area (Å²) in [6.45, 7) is 0.